The van der Waals surface area contributed by atoms with Crippen molar-refractivity contribution in [3.05, 3.63) is 121 Å². The van der Waals surface area contributed by atoms with Gasteiger partial charge in [0.15, 0.2) is 0 Å². The van der Waals surface area contributed by atoms with Gasteiger partial charge in [0.1, 0.15) is 11.8 Å². The third kappa shape index (κ3) is 3.63. The van der Waals surface area contributed by atoms with Gasteiger partial charge in [0.25, 0.3) is 0 Å². The summed E-state index contributed by atoms with van der Waals surface area (Å²) in [5.74, 6) is 0. The van der Waals surface area contributed by atoms with Crippen LogP contribution < -0.4 is 4.90 Å². The predicted octanol–water partition coefficient (Wildman–Crippen LogP) is 8.22. The molecule has 0 unspecified atom stereocenters. The van der Waals surface area contributed by atoms with Crippen LogP contribution >= 0.6 is 11.8 Å². The number of fused-ring (bicyclic) bond motifs is 2. The van der Waals surface area contributed by atoms with Gasteiger partial charge in [-0.2, -0.15) is 5.26 Å². The molecule has 2 heterocycles. The van der Waals surface area contributed by atoms with Crippen LogP contribution in [0.3, 0.4) is 0 Å². The number of nitrogens with zero attached hydrogens (tertiary/aromatic N) is 3. The Labute approximate surface area is 203 Å². The Morgan fingerprint density at radius 1 is 0.618 bits per heavy atom. The first kappa shape index (κ1) is 20.3. The molecule has 0 bridgehead atoms. The molecule has 1 aromatic heterocycles. The zero-order valence-electron chi connectivity index (χ0n) is 18.2. The molecule has 0 saturated carbocycles. The van der Waals surface area contributed by atoms with E-state index in [0.29, 0.717) is 5.69 Å². The number of aromatic nitrogens is 1. The van der Waals surface area contributed by atoms with Gasteiger partial charge in [-0.15, -0.1) is 0 Å². The largest absolute Gasteiger partial charge is 0.308 e. The van der Waals surface area contributed by atoms with E-state index in [1.807, 2.05) is 17.8 Å². The lowest BCUT2D eigenvalue weighted by molar-refractivity contribution is 1.17. The van der Waals surface area contributed by atoms with Crippen LogP contribution in [0.4, 0.5) is 17.1 Å². The van der Waals surface area contributed by atoms with Crippen molar-refractivity contribution in [3.8, 4) is 28.3 Å². The minimum Gasteiger partial charge on any atom is -0.308 e. The smallest absolute Gasteiger partial charge is 0.140 e. The molecule has 0 atom stereocenters. The van der Waals surface area contributed by atoms with E-state index < -0.39 is 0 Å². The van der Waals surface area contributed by atoms with Crippen LogP contribution in [0.1, 0.15) is 5.69 Å². The summed E-state index contributed by atoms with van der Waals surface area (Å²) in [7, 11) is 0. The van der Waals surface area contributed by atoms with E-state index in [4.69, 9.17) is 5.26 Å². The minimum absolute atomic E-state index is 0.427. The highest BCUT2D eigenvalue weighted by Gasteiger charge is 2.24. The van der Waals surface area contributed by atoms with E-state index in [1.165, 1.54) is 21.2 Å². The normalized spacial score (nSPS) is 11.9. The first-order valence-corrected chi connectivity index (χ1v) is 11.8. The summed E-state index contributed by atoms with van der Waals surface area (Å²) in [6.45, 7) is 0. The van der Waals surface area contributed by atoms with E-state index in [2.05, 4.69) is 113 Å². The minimum atomic E-state index is 0.427. The summed E-state index contributed by atoms with van der Waals surface area (Å²) in [6.07, 6.45) is 1.75. The lowest BCUT2D eigenvalue weighted by Crippen LogP contribution is -2.14. The highest BCUT2D eigenvalue weighted by molar-refractivity contribution is 7.99. The van der Waals surface area contributed by atoms with E-state index in [0.717, 1.165) is 27.9 Å². The average Bonchev–Trinajstić information content (AvgIpc) is 2.92. The van der Waals surface area contributed by atoms with E-state index >= 15 is 0 Å². The third-order valence-electron chi connectivity index (χ3n) is 5.97. The van der Waals surface area contributed by atoms with Crippen molar-refractivity contribution >= 4 is 28.8 Å². The number of rotatable bonds is 3. The van der Waals surface area contributed by atoms with Crippen molar-refractivity contribution in [1.82, 2.24) is 4.98 Å². The quantitative estimate of drug-likeness (QED) is 0.271. The Morgan fingerprint density at radius 3 is 1.85 bits per heavy atom. The zero-order chi connectivity index (χ0) is 22.9. The maximum atomic E-state index is 8.97. The molecule has 4 aromatic carbocycles. The highest BCUT2D eigenvalue weighted by atomic mass is 32.2. The van der Waals surface area contributed by atoms with Gasteiger partial charge in [-0.05, 0) is 65.2 Å². The first-order valence-electron chi connectivity index (χ1n) is 11.0. The molecular weight excluding hydrogens is 434 g/mol. The molecule has 4 heteroatoms. The fraction of sp³-hybridized carbons (Fsp3) is 0. The topological polar surface area (TPSA) is 39.9 Å². The van der Waals surface area contributed by atoms with E-state index in [9.17, 15) is 0 Å². The van der Waals surface area contributed by atoms with Gasteiger partial charge in [-0.25, -0.2) is 4.98 Å². The molecule has 0 N–H and O–H groups in total. The lowest BCUT2D eigenvalue weighted by Gasteiger charge is -2.33. The van der Waals surface area contributed by atoms with Crippen molar-refractivity contribution in [2.45, 2.75) is 9.79 Å². The van der Waals surface area contributed by atoms with Gasteiger partial charge >= 0.3 is 0 Å². The number of benzene rings is 4. The Morgan fingerprint density at radius 2 is 1.24 bits per heavy atom. The fourth-order valence-corrected chi connectivity index (χ4v) is 5.35. The average molecular weight is 454 g/mol. The molecular formula is C30H19N3S. The van der Waals surface area contributed by atoms with Crippen LogP contribution in [0.25, 0.3) is 22.3 Å². The molecule has 6 rings (SSSR count). The van der Waals surface area contributed by atoms with Crippen molar-refractivity contribution < 1.29 is 0 Å². The zero-order valence-corrected chi connectivity index (χ0v) is 19.0. The molecule has 1 aliphatic rings. The highest BCUT2D eigenvalue weighted by Crippen LogP contribution is 2.51. The maximum absolute atomic E-state index is 8.97. The molecule has 160 valence electrons. The summed E-state index contributed by atoms with van der Waals surface area (Å²) in [4.78, 5) is 9.05. The second-order valence-corrected chi connectivity index (χ2v) is 9.13. The van der Waals surface area contributed by atoms with Crippen LogP contribution in [0.15, 0.2) is 125 Å². The van der Waals surface area contributed by atoms with Crippen LogP contribution in [-0.4, -0.2) is 4.98 Å². The number of hydrogen-bond donors (Lipinski definition) is 0. The number of nitriles is 1. The van der Waals surface area contributed by atoms with Gasteiger partial charge in [-0.1, -0.05) is 72.4 Å². The number of anilines is 3. The second-order valence-electron chi connectivity index (χ2n) is 8.04. The number of hydrogen-bond acceptors (Lipinski definition) is 4. The number of pyridine rings is 1. The molecule has 3 nitrogen and oxygen atoms in total. The van der Waals surface area contributed by atoms with Gasteiger partial charge in [0, 0.05) is 27.2 Å². The lowest BCUT2D eigenvalue weighted by atomic mass is 10.0. The van der Waals surface area contributed by atoms with Crippen LogP contribution in [-0.2, 0) is 0 Å². The Balaban J connectivity index is 1.38. The molecule has 34 heavy (non-hydrogen) atoms. The standard InChI is InChI=1S/C30H19N3S/c31-19-25-17-16-24(20-32-25)22-14-12-21(13-15-22)23-6-5-7-26(18-23)33-27-8-1-3-10-29(27)34-30-11-4-2-9-28(30)33/h1-18,20H. The third-order valence-corrected chi connectivity index (χ3v) is 7.10. The van der Waals surface area contributed by atoms with E-state index in [1.54, 1.807) is 12.3 Å². The van der Waals surface area contributed by atoms with Gasteiger partial charge < -0.3 is 4.90 Å². The molecule has 0 aliphatic carbocycles. The summed E-state index contributed by atoms with van der Waals surface area (Å²) in [6, 6.07) is 40.1. The second kappa shape index (κ2) is 8.55. The van der Waals surface area contributed by atoms with Gasteiger partial charge in [-0.3, -0.25) is 0 Å². The van der Waals surface area contributed by atoms with Crippen LogP contribution in [0, 0.1) is 11.3 Å². The summed E-state index contributed by atoms with van der Waals surface area (Å²) in [5, 5.41) is 8.97. The molecule has 0 radical (unpaired) electrons. The SMILES string of the molecule is N#Cc1ccc(-c2ccc(-c3cccc(N4c5ccccc5Sc5ccccc54)c3)cc2)cn1. The Bertz CT molecular complexity index is 1490. The van der Waals surface area contributed by atoms with Gasteiger partial charge in [0.2, 0.25) is 0 Å². The first-order chi connectivity index (χ1) is 16.8. The van der Waals surface area contributed by atoms with Gasteiger partial charge in [0.05, 0.1) is 11.4 Å². The fourth-order valence-electron chi connectivity index (χ4n) is 4.29. The predicted molar refractivity (Wildman–Crippen MR) is 139 cm³/mol. The number of para-hydroxylation sites is 2. The van der Waals surface area contributed by atoms with Crippen molar-refractivity contribution in [3.63, 3.8) is 0 Å². The molecule has 0 amide bonds. The van der Waals surface area contributed by atoms with Crippen molar-refractivity contribution in [2.75, 3.05) is 4.90 Å². The van der Waals surface area contributed by atoms with Crippen molar-refractivity contribution in [2.24, 2.45) is 0 Å². The Kier molecular flexibility index (Phi) is 5.10. The summed E-state index contributed by atoms with van der Waals surface area (Å²) < 4.78 is 0. The molecule has 5 aromatic rings. The molecule has 1 aliphatic heterocycles. The molecule has 0 saturated heterocycles. The molecule has 0 spiro atoms. The molecule has 0 fully saturated rings. The van der Waals surface area contributed by atoms with Crippen LogP contribution in [0.2, 0.25) is 0 Å². The summed E-state index contributed by atoms with van der Waals surface area (Å²) in [5.41, 5.74) is 8.36. The Hall–Kier alpha value is -4.33. The maximum Gasteiger partial charge on any atom is 0.140 e. The monoisotopic (exact) mass is 453 g/mol. The summed E-state index contributed by atoms with van der Waals surface area (Å²) >= 11 is 1.82. The van der Waals surface area contributed by atoms with E-state index in [-0.39, 0.29) is 0 Å². The van der Waals surface area contributed by atoms with Crippen LogP contribution in [0.5, 0.6) is 0 Å². The van der Waals surface area contributed by atoms with Crippen molar-refractivity contribution in [1.29, 1.82) is 5.26 Å².